The van der Waals surface area contributed by atoms with Crippen molar-refractivity contribution < 1.29 is 41.8 Å². The van der Waals surface area contributed by atoms with E-state index in [-0.39, 0.29) is 24.0 Å². The molecule has 12 heteroatoms. The molecule has 1 fully saturated rings. The molecule has 1 saturated heterocycles. The lowest BCUT2D eigenvalue weighted by molar-refractivity contribution is -0.192. The van der Waals surface area contributed by atoms with Crippen LogP contribution in [0.5, 0.6) is 5.75 Å². The van der Waals surface area contributed by atoms with E-state index >= 15 is 0 Å². The number of phenolic OH excluding ortho intramolecular Hbond substituents is 1. The van der Waals surface area contributed by atoms with Gasteiger partial charge in [-0.2, -0.15) is 13.2 Å². The maximum Gasteiger partial charge on any atom is 0.490 e. The fraction of sp³-hybridized carbons (Fsp3) is 0.393. The minimum Gasteiger partial charge on any atom is -0.505 e. The van der Waals surface area contributed by atoms with Crippen LogP contribution in [0.15, 0.2) is 42.5 Å². The number of anilines is 1. The summed E-state index contributed by atoms with van der Waals surface area (Å²) in [6.07, 6.45) is -1.41. The molecule has 4 rings (SSSR count). The highest BCUT2D eigenvalue weighted by Crippen LogP contribution is 2.36. The lowest BCUT2D eigenvalue weighted by Gasteiger charge is -2.28. The van der Waals surface area contributed by atoms with Gasteiger partial charge in [-0.15, -0.1) is 0 Å². The van der Waals surface area contributed by atoms with Crippen LogP contribution in [0.25, 0.3) is 10.9 Å². The number of amides is 1. The Bertz CT molecular complexity index is 1360. The molecule has 0 aliphatic carbocycles. The number of carboxylic acids is 1. The van der Waals surface area contributed by atoms with Crippen molar-refractivity contribution in [1.82, 2.24) is 10.3 Å². The van der Waals surface area contributed by atoms with Crippen molar-refractivity contribution in [2.24, 2.45) is 5.92 Å². The first-order valence-corrected chi connectivity index (χ1v) is 12.7. The lowest BCUT2D eigenvalue weighted by Crippen LogP contribution is -2.30. The molecule has 1 aliphatic heterocycles. The van der Waals surface area contributed by atoms with E-state index in [4.69, 9.17) is 14.9 Å². The van der Waals surface area contributed by atoms with E-state index in [2.05, 4.69) is 10.2 Å². The van der Waals surface area contributed by atoms with Crippen LogP contribution in [-0.4, -0.2) is 46.3 Å². The van der Waals surface area contributed by atoms with E-state index in [0.717, 1.165) is 49.3 Å². The van der Waals surface area contributed by atoms with Crippen molar-refractivity contribution >= 4 is 28.6 Å². The maximum atomic E-state index is 14.0. The zero-order valence-corrected chi connectivity index (χ0v) is 21.9. The fourth-order valence-electron chi connectivity index (χ4n) is 4.33. The standard InChI is InChI=1S/C26H29F2N3O2.C2HF3O2/c1-16(2)14-23(32)30-24(18-7-10-20(27)21(28)15-18)19-9-6-17-8-11-22(29-25(17)26(19)33)31-12-4-3-5-13-31;3-2(4,5)1(6)7/h6-11,15-16,24,33H,3-5,12-14H2,1-2H3,(H,30,32);(H,6,7). The van der Waals surface area contributed by atoms with Crippen molar-refractivity contribution in [3.8, 4) is 5.75 Å². The summed E-state index contributed by atoms with van der Waals surface area (Å²) < 4.78 is 59.4. The number of hydrogen-bond donors (Lipinski definition) is 3. The Morgan fingerprint density at radius 1 is 1.00 bits per heavy atom. The minimum absolute atomic E-state index is 0.0778. The van der Waals surface area contributed by atoms with Gasteiger partial charge in [-0.25, -0.2) is 18.6 Å². The number of carboxylic acid groups (broad SMARTS) is 1. The quantitative estimate of drug-likeness (QED) is 0.312. The molecule has 1 unspecified atom stereocenters. The molecule has 3 N–H and O–H groups in total. The molecule has 40 heavy (non-hydrogen) atoms. The first kappa shape index (κ1) is 30.6. The number of nitrogens with one attached hydrogen (secondary N) is 1. The predicted octanol–water partition coefficient (Wildman–Crippen LogP) is 6.09. The second kappa shape index (κ2) is 12.9. The third-order valence-corrected chi connectivity index (χ3v) is 6.26. The van der Waals surface area contributed by atoms with Crippen molar-refractivity contribution in [2.75, 3.05) is 18.0 Å². The summed E-state index contributed by atoms with van der Waals surface area (Å²) in [4.78, 5) is 28.4. The number of aliphatic carboxylic acids is 1. The number of piperidine rings is 1. The molecule has 2 heterocycles. The van der Waals surface area contributed by atoms with E-state index in [1.54, 1.807) is 6.07 Å². The first-order chi connectivity index (χ1) is 18.8. The normalized spacial score (nSPS) is 14.4. The van der Waals surface area contributed by atoms with Gasteiger partial charge < -0.3 is 20.4 Å². The molecule has 2 aromatic carbocycles. The van der Waals surface area contributed by atoms with Gasteiger partial charge in [0.1, 0.15) is 17.1 Å². The predicted molar refractivity (Wildman–Crippen MR) is 139 cm³/mol. The van der Waals surface area contributed by atoms with Crippen molar-refractivity contribution in [3.05, 3.63) is 65.2 Å². The van der Waals surface area contributed by atoms with Crippen molar-refractivity contribution in [1.29, 1.82) is 0 Å². The SMILES string of the molecule is CC(C)CC(=O)NC(c1ccc(F)c(F)c1)c1ccc2ccc(N3CCCCC3)nc2c1O.O=C(O)C(F)(F)F. The molecule has 1 aliphatic rings. The van der Waals surface area contributed by atoms with Crippen molar-refractivity contribution in [2.45, 2.75) is 51.7 Å². The number of fused-ring (bicyclic) bond motifs is 1. The number of rotatable bonds is 6. The average Bonchev–Trinajstić information content (AvgIpc) is 2.89. The van der Waals surface area contributed by atoms with Crippen LogP contribution in [0.4, 0.5) is 27.8 Å². The first-order valence-electron chi connectivity index (χ1n) is 12.7. The van der Waals surface area contributed by atoms with E-state index in [9.17, 15) is 31.9 Å². The van der Waals surface area contributed by atoms with Gasteiger partial charge in [0.05, 0.1) is 6.04 Å². The Morgan fingerprint density at radius 3 is 2.20 bits per heavy atom. The van der Waals surface area contributed by atoms with Crippen LogP contribution in [-0.2, 0) is 9.59 Å². The number of alkyl halides is 3. The lowest BCUT2D eigenvalue weighted by atomic mass is 9.95. The van der Waals surface area contributed by atoms with Crippen LogP contribution in [0.3, 0.4) is 0 Å². The molecule has 0 radical (unpaired) electrons. The number of hydrogen-bond acceptors (Lipinski definition) is 5. The maximum absolute atomic E-state index is 14.0. The van der Waals surface area contributed by atoms with Crippen LogP contribution < -0.4 is 10.2 Å². The number of benzene rings is 2. The number of aromatic hydroxyl groups is 1. The Hall–Kier alpha value is -3.96. The van der Waals surface area contributed by atoms with Gasteiger partial charge in [0, 0.05) is 30.5 Å². The molecule has 1 atom stereocenters. The zero-order valence-electron chi connectivity index (χ0n) is 21.9. The van der Waals surface area contributed by atoms with Gasteiger partial charge in [0.15, 0.2) is 11.6 Å². The molecule has 1 aromatic heterocycles. The number of nitrogens with zero attached hydrogens (tertiary/aromatic N) is 2. The highest BCUT2D eigenvalue weighted by Gasteiger charge is 2.38. The van der Waals surface area contributed by atoms with Crippen LogP contribution in [0, 0.1) is 17.6 Å². The molecule has 216 valence electrons. The van der Waals surface area contributed by atoms with Crippen molar-refractivity contribution in [3.63, 3.8) is 0 Å². The second-order valence-corrected chi connectivity index (χ2v) is 9.87. The Labute approximate surface area is 227 Å². The summed E-state index contributed by atoms with van der Waals surface area (Å²) in [6, 6.07) is 10.0. The third-order valence-electron chi connectivity index (χ3n) is 6.26. The minimum atomic E-state index is -5.08. The van der Waals surface area contributed by atoms with E-state index in [1.807, 2.05) is 32.0 Å². The molecule has 3 aromatic rings. The largest absolute Gasteiger partial charge is 0.505 e. The van der Waals surface area contributed by atoms with Gasteiger partial charge in [0.2, 0.25) is 5.91 Å². The smallest absolute Gasteiger partial charge is 0.490 e. The summed E-state index contributed by atoms with van der Waals surface area (Å²) in [5.74, 6) is -4.15. The summed E-state index contributed by atoms with van der Waals surface area (Å²) in [7, 11) is 0. The summed E-state index contributed by atoms with van der Waals surface area (Å²) >= 11 is 0. The Kier molecular flexibility index (Phi) is 9.88. The van der Waals surface area contributed by atoms with Crippen LogP contribution in [0.2, 0.25) is 0 Å². The molecule has 0 saturated carbocycles. The number of halogens is 5. The van der Waals surface area contributed by atoms with E-state index in [0.29, 0.717) is 16.6 Å². The highest BCUT2D eigenvalue weighted by atomic mass is 19.4. The average molecular weight is 568 g/mol. The highest BCUT2D eigenvalue weighted by molar-refractivity contribution is 5.88. The van der Waals surface area contributed by atoms with Crippen LogP contribution >= 0.6 is 0 Å². The number of phenols is 1. The number of carbonyl (C=O) groups excluding carboxylic acids is 1. The molecular formula is C28H30F5N3O4. The molecule has 0 bridgehead atoms. The second-order valence-electron chi connectivity index (χ2n) is 9.87. The van der Waals surface area contributed by atoms with Gasteiger partial charge in [-0.05, 0) is 55.0 Å². The number of carbonyl (C=O) groups is 2. The summed E-state index contributed by atoms with van der Waals surface area (Å²) in [6.45, 7) is 5.68. The van der Waals surface area contributed by atoms with Gasteiger partial charge in [0.25, 0.3) is 0 Å². The molecule has 1 amide bonds. The fourth-order valence-corrected chi connectivity index (χ4v) is 4.33. The summed E-state index contributed by atoms with van der Waals surface area (Å²) in [5, 5.41) is 22.0. The number of aromatic nitrogens is 1. The molecule has 0 spiro atoms. The van der Waals surface area contributed by atoms with Crippen LogP contribution in [0.1, 0.15) is 56.7 Å². The number of pyridine rings is 1. The van der Waals surface area contributed by atoms with Gasteiger partial charge in [-0.1, -0.05) is 32.0 Å². The van der Waals surface area contributed by atoms with E-state index < -0.39 is 29.8 Å². The Morgan fingerprint density at radius 2 is 1.62 bits per heavy atom. The van der Waals surface area contributed by atoms with E-state index in [1.165, 1.54) is 12.5 Å². The monoisotopic (exact) mass is 567 g/mol. The third kappa shape index (κ3) is 7.80. The summed E-state index contributed by atoms with van der Waals surface area (Å²) in [5.41, 5.74) is 1.14. The topological polar surface area (TPSA) is 103 Å². The molecule has 7 nitrogen and oxygen atoms in total. The van der Waals surface area contributed by atoms with Gasteiger partial charge >= 0.3 is 12.1 Å². The zero-order chi connectivity index (χ0) is 29.6. The van der Waals surface area contributed by atoms with Gasteiger partial charge in [-0.3, -0.25) is 4.79 Å². The molecular weight excluding hydrogens is 537 g/mol. The Balaban J connectivity index is 0.000000559.